The van der Waals surface area contributed by atoms with Crippen LogP contribution in [0.3, 0.4) is 0 Å². The Morgan fingerprint density at radius 1 is 1.05 bits per heavy atom. The van der Waals surface area contributed by atoms with Gasteiger partial charge in [0.15, 0.2) is 0 Å². The number of carbonyl (C=O) groups excluding carboxylic acids is 2. The molecule has 0 bridgehead atoms. The third-order valence-corrected chi connectivity index (χ3v) is 3.27. The number of halogens is 1. The SMILES string of the molecule is O=C1c2ccccc2C(=O)N1Cc1nnccc1Cl. The van der Waals surface area contributed by atoms with Gasteiger partial charge in [0.1, 0.15) is 5.69 Å². The summed E-state index contributed by atoms with van der Waals surface area (Å²) in [6.07, 6.45) is 1.45. The molecule has 2 heterocycles. The molecule has 0 aliphatic carbocycles. The molecule has 0 saturated heterocycles. The quantitative estimate of drug-likeness (QED) is 0.784. The highest BCUT2D eigenvalue weighted by Gasteiger charge is 2.35. The van der Waals surface area contributed by atoms with Crippen LogP contribution < -0.4 is 0 Å². The van der Waals surface area contributed by atoms with E-state index < -0.39 is 0 Å². The van der Waals surface area contributed by atoms with E-state index >= 15 is 0 Å². The van der Waals surface area contributed by atoms with Gasteiger partial charge < -0.3 is 0 Å². The second kappa shape index (κ2) is 4.44. The molecule has 5 nitrogen and oxygen atoms in total. The Balaban J connectivity index is 1.95. The summed E-state index contributed by atoms with van der Waals surface area (Å²) in [6, 6.07) is 8.29. The zero-order valence-corrected chi connectivity index (χ0v) is 10.5. The molecule has 6 heteroatoms. The van der Waals surface area contributed by atoms with Crippen molar-refractivity contribution >= 4 is 23.4 Å². The first-order chi connectivity index (χ1) is 9.18. The van der Waals surface area contributed by atoms with E-state index in [1.54, 1.807) is 30.3 Å². The summed E-state index contributed by atoms with van der Waals surface area (Å²) in [7, 11) is 0. The maximum absolute atomic E-state index is 12.1. The van der Waals surface area contributed by atoms with E-state index in [2.05, 4.69) is 10.2 Å². The molecule has 19 heavy (non-hydrogen) atoms. The van der Waals surface area contributed by atoms with Crippen LogP contribution in [-0.2, 0) is 6.54 Å². The average Bonchev–Trinajstić information content (AvgIpc) is 2.67. The molecule has 2 aromatic rings. The fraction of sp³-hybridized carbons (Fsp3) is 0.0769. The molecule has 1 aliphatic rings. The number of aromatic nitrogens is 2. The lowest BCUT2D eigenvalue weighted by Crippen LogP contribution is -2.29. The van der Waals surface area contributed by atoms with Crippen LogP contribution in [-0.4, -0.2) is 26.9 Å². The van der Waals surface area contributed by atoms with Crippen LogP contribution in [0.2, 0.25) is 5.02 Å². The predicted octanol–water partition coefficient (Wildman–Crippen LogP) is 1.93. The van der Waals surface area contributed by atoms with Crippen molar-refractivity contribution in [1.82, 2.24) is 15.1 Å². The normalized spacial score (nSPS) is 13.8. The zero-order valence-electron chi connectivity index (χ0n) is 9.71. The summed E-state index contributed by atoms with van der Waals surface area (Å²) in [5.74, 6) is -0.662. The van der Waals surface area contributed by atoms with Crippen molar-refractivity contribution in [3.05, 3.63) is 58.4 Å². The summed E-state index contributed by atoms with van der Waals surface area (Å²) in [5, 5.41) is 7.93. The van der Waals surface area contributed by atoms with Gasteiger partial charge in [0.2, 0.25) is 0 Å². The molecule has 0 radical (unpaired) electrons. The number of imide groups is 1. The highest BCUT2D eigenvalue weighted by molar-refractivity contribution is 6.31. The Labute approximate surface area is 113 Å². The van der Waals surface area contributed by atoms with Gasteiger partial charge in [-0.2, -0.15) is 10.2 Å². The third-order valence-electron chi connectivity index (χ3n) is 2.93. The van der Waals surface area contributed by atoms with Crippen molar-refractivity contribution in [2.45, 2.75) is 6.54 Å². The lowest BCUT2D eigenvalue weighted by atomic mass is 10.1. The minimum Gasteiger partial charge on any atom is -0.269 e. The van der Waals surface area contributed by atoms with Gasteiger partial charge >= 0.3 is 0 Å². The molecule has 0 N–H and O–H groups in total. The molecule has 0 spiro atoms. The number of fused-ring (bicyclic) bond motifs is 1. The van der Waals surface area contributed by atoms with Crippen LogP contribution in [0, 0.1) is 0 Å². The molecule has 0 unspecified atom stereocenters. The molecule has 1 aromatic carbocycles. The van der Waals surface area contributed by atoms with Crippen LogP contribution in [0.5, 0.6) is 0 Å². The van der Waals surface area contributed by atoms with Crippen LogP contribution in [0.25, 0.3) is 0 Å². The van der Waals surface area contributed by atoms with Gasteiger partial charge in [-0.1, -0.05) is 23.7 Å². The van der Waals surface area contributed by atoms with Gasteiger partial charge in [-0.15, -0.1) is 0 Å². The summed E-state index contributed by atoms with van der Waals surface area (Å²) in [6.45, 7) is 0.0268. The molecule has 94 valence electrons. The first-order valence-electron chi connectivity index (χ1n) is 5.60. The van der Waals surface area contributed by atoms with E-state index in [1.165, 1.54) is 6.20 Å². The molecule has 1 aromatic heterocycles. The lowest BCUT2D eigenvalue weighted by Gasteiger charge is -2.13. The number of rotatable bonds is 2. The molecule has 0 fully saturated rings. The average molecular weight is 274 g/mol. The smallest absolute Gasteiger partial charge is 0.261 e. The fourth-order valence-corrected chi connectivity index (χ4v) is 2.14. The summed E-state index contributed by atoms with van der Waals surface area (Å²) < 4.78 is 0. The molecule has 1 aliphatic heterocycles. The topological polar surface area (TPSA) is 63.2 Å². The highest BCUT2D eigenvalue weighted by atomic mass is 35.5. The van der Waals surface area contributed by atoms with Gasteiger partial charge in [-0.05, 0) is 18.2 Å². The van der Waals surface area contributed by atoms with Crippen LogP contribution in [0.4, 0.5) is 0 Å². The Morgan fingerprint density at radius 2 is 1.68 bits per heavy atom. The van der Waals surface area contributed by atoms with E-state index in [1.807, 2.05) is 0 Å². The summed E-state index contributed by atoms with van der Waals surface area (Å²) in [5.41, 5.74) is 1.22. The first kappa shape index (κ1) is 11.8. The van der Waals surface area contributed by atoms with Crippen molar-refractivity contribution in [2.75, 3.05) is 0 Å². The van der Waals surface area contributed by atoms with Crippen LogP contribution in [0.15, 0.2) is 36.5 Å². The van der Waals surface area contributed by atoms with Gasteiger partial charge in [0.25, 0.3) is 11.8 Å². The second-order valence-electron chi connectivity index (χ2n) is 4.07. The van der Waals surface area contributed by atoms with E-state index in [9.17, 15) is 9.59 Å². The van der Waals surface area contributed by atoms with E-state index in [0.29, 0.717) is 21.8 Å². The van der Waals surface area contributed by atoms with Crippen molar-refractivity contribution < 1.29 is 9.59 Å². The highest BCUT2D eigenvalue weighted by Crippen LogP contribution is 2.25. The Kier molecular flexibility index (Phi) is 2.76. The standard InChI is InChI=1S/C13H8ClN3O2/c14-10-5-6-15-16-11(10)7-17-12(18)8-3-1-2-4-9(8)13(17)19/h1-6H,7H2. The van der Waals surface area contributed by atoms with Gasteiger partial charge in [-0.25, -0.2) is 0 Å². The predicted molar refractivity (Wildman–Crippen MR) is 67.7 cm³/mol. The van der Waals surface area contributed by atoms with Crippen LogP contribution in [0.1, 0.15) is 26.4 Å². The monoisotopic (exact) mass is 273 g/mol. The van der Waals surface area contributed by atoms with Crippen LogP contribution >= 0.6 is 11.6 Å². The largest absolute Gasteiger partial charge is 0.269 e. The van der Waals surface area contributed by atoms with E-state index in [0.717, 1.165) is 4.90 Å². The van der Waals surface area contributed by atoms with Crippen molar-refractivity contribution in [2.24, 2.45) is 0 Å². The summed E-state index contributed by atoms with van der Waals surface area (Å²) in [4.78, 5) is 25.4. The number of hydrogen-bond acceptors (Lipinski definition) is 4. The van der Waals surface area contributed by atoms with Gasteiger partial charge in [0, 0.05) is 0 Å². The number of benzene rings is 1. The minimum absolute atomic E-state index is 0.0268. The molecule has 3 rings (SSSR count). The molecular weight excluding hydrogens is 266 g/mol. The third kappa shape index (κ3) is 1.88. The zero-order chi connectivity index (χ0) is 13.4. The number of carbonyl (C=O) groups is 2. The van der Waals surface area contributed by atoms with Gasteiger partial charge in [-0.3, -0.25) is 14.5 Å². The Bertz CT molecular complexity index is 652. The minimum atomic E-state index is -0.331. The number of amides is 2. The molecule has 0 atom stereocenters. The van der Waals surface area contributed by atoms with Crippen molar-refractivity contribution in [3.63, 3.8) is 0 Å². The molecule has 0 saturated carbocycles. The van der Waals surface area contributed by atoms with Crippen molar-refractivity contribution in [3.8, 4) is 0 Å². The molecular formula is C13H8ClN3O2. The maximum atomic E-state index is 12.1. The second-order valence-corrected chi connectivity index (χ2v) is 4.48. The fourth-order valence-electron chi connectivity index (χ4n) is 1.99. The van der Waals surface area contributed by atoms with E-state index in [4.69, 9.17) is 11.6 Å². The number of nitrogens with zero attached hydrogens (tertiary/aromatic N) is 3. The lowest BCUT2D eigenvalue weighted by molar-refractivity contribution is 0.0640. The Morgan fingerprint density at radius 3 is 2.26 bits per heavy atom. The van der Waals surface area contributed by atoms with Crippen molar-refractivity contribution in [1.29, 1.82) is 0 Å². The molecule has 2 amide bonds. The maximum Gasteiger partial charge on any atom is 0.261 e. The first-order valence-corrected chi connectivity index (χ1v) is 5.97. The number of hydrogen-bond donors (Lipinski definition) is 0. The Hall–Kier alpha value is -2.27. The van der Waals surface area contributed by atoms with E-state index in [-0.39, 0.29) is 18.4 Å². The summed E-state index contributed by atoms with van der Waals surface area (Å²) >= 11 is 5.96. The van der Waals surface area contributed by atoms with Gasteiger partial charge in [0.05, 0.1) is 28.9 Å².